The molecule has 76 valence electrons. The number of nitrogens with one attached hydrogen (secondary N) is 1. The lowest BCUT2D eigenvalue weighted by atomic mass is 10.2. The number of aromatic nitrogens is 1. The van der Waals surface area contributed by atoms with Gasteiger partial charge in [-0.1, -0.05) is 25.4 Å². The van der Waals surface area contributed by atoms with Crippen molar-refractivity contribution in [1.82, 2.24) is 4.98 Å². The molecule has 1 heterocycles. The monoisotopic (exact) mass is 212 g/mol. The molecule has 3 nitrogen and oxygen atoms in total. The highest BCUT2D eigenvalue weighted by molar-refractivity contribution is 6.32. The topological polar surface area (TPSA) is 42.0 Å². The third-order valence-electron chi connectivity index (χ3n) is 1.76. The molecular formula is C10H13ClN2O. The van der Waals surface area contributed by atoms with E-state index in [1.165, 1.54) is 0 Å². The predicted octanol–water partition coefficient (Wildman–Crippen LogP) is 2.64. The van der Waals surface area contributed by atoms with E-state index in [-0.39, 0.29) is 11.8 Å². The molecule has 0 aliphatic heterocycles. The number of nitrogens with zero attached hydrogens (tertiary/aromatic N) is 1. The van der Waals surface area contributed by atoms with Gasteiger partial charge in [0.15, 0.2) is 5.15 Å². The molecule has 0 bridgehead atoms. The maximum absolute atomic E-state index is 11.4. The van der Waals surface area contributed by atoms with E-state index in [4.69, 9.17) is 11.6 Å². The Kier molecular flexibility index (Phi) is 3.47. The van der Waals surface area contributed by atoms with E-state index in [2.05, 4.69) is 10.3 Å². The molecular weight excluding hydrogens is 200 g/mol. The third-order valence-corrected chi connectivity index (χ3v) is 2.06. The first kappa shape index (κ1) is 11.0. The van der Waals surface area contributed by atoms with Crippen LogP contribution in [0, 0.1) is 12.8 Å². The number of anilines is 1. The van der Waals surface area contributed by atoms with Gasteiger partial charge in [-0.2, -0.15) is 0 Å². The summed E-state index contributed by atoms with van der Waals surface area (Å²) in [5.41, 5.74) is 1.54. The number of hydrogen-bond donors (Lipinski definition) is 1. The molecule has 1 amide bonds. The lowest BCUT2D eigenvalue weighted by Crippen LogP contribution is -2.18. The molecule has 0 fully saturated rings. The Morgan fingerprint density at radius 2 is 2.21 bits per heavy atom. The summed E-state index contributed by atoms with van der Waals surface area (Å²) in [6.45, 7) is 5.55. The van der Waals surface area contributed by atoms with Crippen LogP contribution in [0.2, 0.25) is 5.15 Å². The number of amides is 1. The van der Waals surface area contributed by atoms with Gasteiger partial charge >= 0.3 is 0 Å². The molecule has 0 unspecified atom stereocenters. The summed E-state index contributed by atoms with van der Waals surface area (Å²) in [7, 11) is 0. The Morgan fingerprint density at radius 1 is 1.57 bits per heavy atom. The van der Waals surface area contributed by atoms with Gasteiger partial charge in [0, 0.05) is 12.1 Å². The quantitative estimate of drug-likeness (QED) is 0.766. The minimum absolute atomic E-state index is 0.0562. The van der Waals surface area contributed by atoms with E-state index >= 15 is 0 Å². The van der Waals surface area contributed by atoms with Crippen molar-refractivity contribution in [2.75, 3.05) is 5.32 Å². The van der Waals surface area contributed by atoms with Crippen LogP contribution in [0.5, 0.6) is 0 Å². The van der Waals surface area contributed by atoms with E-state index in [0.29, 0.717) is 10.8 Å². The summed E-state index contributed by atoms with van der Waals surface area (Å²) in [4.78, 5) is 15.3. The molecule has 14 heavy (non-hydrogen) atoms. The van der Waals surface area contributed by atoms with E-state index < -0.39 is 0 Å². The molecule has 1 N–H and O–H groups in total. The molecule has 0 aliphatic carbocycles. The zero-order chi connectivity index (χ0) is 10.7. The normalized spacial score (nSPS) is 10.4. The minimum Gasteiger partial charge on any atom is -0.323 e. The molecule has 0 aliphatic rings. The largest absolute Gasteiger partial charge is 0.323 e. The summed E-state index contributed by atoms with van der Waals surface area (Å²) in [6.07, 6.45) is 1.66. The van der Waals surface area contributed by atoms with E-state index in [9.17, 15) is 4.79 Å². The summed E-state index contributed by atoms with van der Waals surface area (Å²) < 4.78 is 0. The fourth-order valence-electron chi connectivity index (χ4n) is 0.917. The highest BCUT2D eigenvalue weighted by atomic mass is 35.5. The summed E-state index contributed by atoms with van der Waals surface area (Å²) >= 11 is 5.82. The smallest absolute Gasteiger partial charge is 0.227 e. The molecule has 0 spiro atoms. The second kappa shape index (κ2) is 4.42. The fraction of sp³-hybridized carbons (Fsp3) is 0.400. The third kappa shape index (κ3) is 2.70. The van der Waals surface area contributed by atoms with Gasteiger partial charge < -0.3 is 5.32 Å². The fourth-order valence-corrected chi connectivity index (χ4v) is 1.07. The van der Waals surface area contributed by atoms with E-state index in [1.807, 2.05) is 20.8 Å². The van der Waals surface area contributed by atoms with Crippen LogP contribution in [0.25, 0.3) is 0 Å². The van der Waals surface area contributed by atoms with Crippen molar-refractivity contribution in [3.05, 3.63) is 23.0 Å². The Balaban J connectivity index is 2.86. The predicted molar refractivity (Wildman–Crippen MR) is 57.5 cm³/mol. The number of carbonyl (C=O) groups is 1. The standard InChI is InChI=1S/C10H13ClN2O/c1-6(2)10(14)13-8-4-7(3)5-12-9(8)11/h4-6H,1-3H3,(H,13,14). The van der Waals surface area contributed by atoms with Crippen LogP contribution < -0.4 is 5.32 Å². The van der Waals surface area contributed by atoms with Crippen molar-refractivity contribution in [2.45, 2.75) is 20.8 Å². The van der Waals surface area contributed by atoms with Crippen LogP contribution in [0.15, 0.2) is 12.3 Å². The Bertz CT molecular complexity index is 350. The van der Waals surface area contributed by atoms with Gasteiger partial charge in [-0.3, -0.25) is 4.79 Å². The lowest BCUT2D eigenvalue weighted by molar-refractivity contribution is -0.118. The SMILES string of the molecule is Cc1cnc(Cl)c(NC(=O)C(C)C)c1. The van der Waals surface area contributed by atoms with Gasteiger partial charge in [-0.15, -0.1) is 0 Å². The molecule has 0 aromatic carbocycles. The molecule has 0 saturated carbocycles. The number of halogens is 1. The van der Waals surface area contributed by atoms with Crippen molar-refractivity contribution in [1.29, 1.82) is 0 Å². The van der Waals surface area contributed by atoms with Crippen molar-refractivity contribution in [3.8, 4) is 0 Å². The van der Waals surface area contributed by atoms with E-state index in [1.54, 1.807) is 12.3 Å². The zero-order valence-electron chi connectivity index (χ0n) is 8.47. The highest BCUT2D eigenvalue weighted by Gasteiger charge is 2.09. The Hall–Kier alpha value is -1.09. The Labute approximate surface area is 88.5 Å². The first-order valence-corrected chi connectivity index (χ1v) is 4.81. The minimum atomic E-state index is -0.0634. The van der Waals surface area contributed by atoms with Crippen LogP contribution in [-0.4, -0.2) is 10.9 Å². The van der Waals surface area contributed by atoms with Crippen molar-refractivity contribution in [2.24, 2.45) is 5.92 Å². The lowest BCUT2D eigenvalue weighted by Gasteiger charge is -2.09. The summed E-state index contributed by atoms with van der Waals surface area (Å²) in [5, 5.41) is 3.04. The van der Waals surface area contributed by atoms with Gasteiger partial charge in [-0.25, -0.2) is 4.98 Å². The number of carbonyl (C=O) groups excluding carboxylic acids is 1. The maximum Gasteiger partial charge on any atom is 0.227 e. The van der Waals surface area contributed by atoms with Crippen LogP contribution in [-0.2, 0) is 4.79 Å². The molecule has 0 saturated heterocycles. The van der Waals surface area contributed by atoms with E-state index in [0.717, 1.165) is 5.56 Å². The number of pyridine rings is 1. The van der Waals surface area contributed by atoms with Crippen molar-refractivity contribution >= 4 is 23.2 Å². The van der Waals surface area contributed by atoms with Crippen molar-refractivity contribution < 1.29 is 4.79 Å². The number of hydrogen-bond acceptors (Lipinski definition) is 2. The first-order chi connectivity index (χ1) is 6.50. The molecule has 0 radical (unpaired) electrons. The van der Waals surface area contributed by atoms with Crippen LogP contribution >= 0.6 is 11.6 Å². The van der Waals surface area contributed by atoms with Crippen LogP contribution in [0.1, 0.15) is 19.4 Å². The van der Waals surface area contributed by atoms with Crippen LogP contribution in [0.3, 0.4) is 0 Å². The first-order valence-electron chi connectivity index (χ1n) is 4.43. The summed E-state index contributed by atoms with van der Waals surface area (Å²) in [5.74, 6) is -0.120. The van der Waals surface area contributed by atoms with Gasteiger partial charge in [0.2, 0.25) is 5.91 Å². The van der Waals surface area contributed by atoms with Gasteiger partial charge in [-0.05, 0) is 18.6 Å². The average molecular weight is 213 g/mol. The number of aryl methyl sites for hydroxylation is 1. The average Bonchev–Trinajstić information content (AvgIpc) is 2.11. The second-order valence-electron chi connectivity index (χ2n) is 3.49. The highest BCUT2D eigenvalue weighted by Crippen LogP contribution is 2.20. The van der Waals surface area contributed by atoms with Gasteiger partial charge in [0.1, 0.15) is 0 Å². The molecule has 1 aromatic rings. The summed E-state index contributed by atoms with van der Waals surface area (Å²) in [6, 6.07) is 1.80. The van der Waals surface area contributed by atoms with Gasteiger partial charge in [0.05, 0.1) is 5.69 Å². The number of rotatable bonds is 2. The van der Waals surface area contributed by atoms with Crippen molar-refractivity contribution in [3.63, 3.8) is 0 Å². The molecule has 1 aromatic heterocycles. The zero-order valence-corrected chi connectivity index (χ0v) is 9.22. The van der Waals surface area contributed by atoms with Gasteiger partial charge in [0.25, 0.3) is 0 Å². The molecule has 1 rings (SSSR count). The molecule has 0 atom stereocenters. The van der Waals surface area contributed by atoms with Crippen LogP contribution in [0.4, 0.5) is 5.69 Å². The Morgan fingerprint density at radius 3 is 2.79 bits per heavy atom. The molecule has 4 heteroatoms. The second-order valence-corrected chi connectivity index (χ2v) is 3.85. The maximum atomic E-state index is 11.4.